The topological polar surface area (TPSA) is 45.7 Å². The average Bonchev–Trinajstić information content (AvgIpc) is 2.63. The van der Waals surface area contributed by atoms with Gasteiger partial charge in [-0.05, 0) is 30.7 Å². The fourth-order valence-corrected chi connectivity index (χ4v) is 4.77. The molecule has 0 saturated carbocycles. The molecule has 1 aromatic carbocycles. The molecule has 6 heteroatoms. The van der Waals surface area contributed by atoms with Crippen LogP contribution in [0.4, 0.5) is 0 Å². The van der Waals surface area contributed by atoms with E-state index >= 15 is 0 Å². The first kappa shape index (κ1) is 19.5. The van der Waals surface area contributed by atoms with Gasteiger partial charge in [0.2, 0.25) is 0 Å². The number of nitrogens with one attached hydrogen (secondary N) is 2. The van der Waals surface area contributed by atoms with Crippen molar-refractivity contribution < 1.29 is 4.74 Å². The molecular formula is C18H29N3OS2. The van der Waals surface area contributed by atoms with Crippen molar-refractivity contribution in [3.05, 3.63) is 30.3 Å². The average molecular weight is 368 g/mol. The lowest BCUT2D eigenvalue weighted by Crippen LogP contribution is -2.48. The Hall–Kier alpha value is -0.850. The van der Waals surface area contributed by atoms with Crippen molar-refractivity contribution in [3.8, 4) is 0 Å². The van der Waals surface area contributed by atoms with Crippen LogP contribution in [-0.4, -0.2) is 55.6 Å². The minimum absolute atomic E-state index is 0.281. The molecule has 2 N–H and O–H groups in total. The number of rotatable bonds is 8. The molecule has 134 valence electrons. The summed E-state index contributed by atoms with van der Waals surface area (Å²) in [6.45, 7) is 5.81. The molecule has 0 amide bonds. The van der Waals surface area contributed by atoms with Crippen LogP contribution in [0.15, 0.2) is 40.2 Å². The first-order valence-corrected chi connectivity index (χ1v) is 10.6. The summed E-state index contributed by atoms with van der Waals surface area (Å²) in [6, 6.07) is 10.5. The summed E-state index contributed by atoms with van der Waals surface area (Å²) in [4.78, 5) is 5.66. The van der Waals surface area contributed by atoms with Crippen LogP contribution in [0.2, 0.25) is 0 Å². The van der Waals surface area contributed by atoms with E-state index in [0.717, 1.165) is 56.6 Å². The molecule has 1 saturated heterocycles. The maximum absolute atomic E-state index is 5.54. The summed E-state index contributed by atoms with van der Waals surface area (Å²) in [5, 5.41) is 6.93. The third kappa shape index (κ3) is 6.57. The highest BCUT2D eigenvalue weighted by atomic mass is 32.2. The van der Waals surface area contributed by atoms with Crippen molar-refractivity contribution in [1.29, 1.82) is 0 Å². The minimum Gasteiger partial charge on any atom is -0.381 e. The van der Waals surface area contributed by atoms with Gasteiger partial charge in [0.1, 0.15) is 0 Å². The lowest BCUT2D eigenvalue weighted by molar-refractivity contribution is 0.0782. The van der Waals surface area contributed by atoms with Crippen molar-refractivity contribution in [2.45, 2.75) is 29.4 Å². The molecule has 1 aliphatic rings. The Kier molecular flexibility index (Phi) is 8.84. The van der Waals surface area contributed by atoms with Gasteiger partial charge >= 0.3 is 0 Å². The molecule has 0 bridgehead atoms. The number of ether oxygens (including phenoxy) is 1. The number of hydrogen-bond donors (Lipinski definition) is 2. The molecular weight excluding hydrogens is 338 g/mol. The van der Waals surface area contributed by atoms with Gasteiger partial charge in [0.15, 0.2) is 5.96 Å². The highest BCUT2D eigenvalue weighted by molar-refractivity contribution is 8.00. The predicted octanol–water partition coefficient (Wildman–Crippen LogP) is 3.25. The van der Waals surface area contributed by atoms with Gasteiger partial charge in [-0.15, -0.1) is 11.8 Å². The number of benzene rings is 1. The van der Waals surface area contributed by atoms with Gasteiger partial charge in [0.05, 0.1) is 0 Å². The molecule has 0 radical (unpaired) electrons. The Bertz CT molecular complexity index is 485. The molecule has 1 aliphatic heterocycles. The Morgan fingerprint density at radius 3 is 2.62 bits per heavy atom. The van der Waals surface area contributed by atoms with Gasteiger partial charge in [0.25, 0.3) is 0 Å². The molecule has 0 spiro atoms. The van der Waals surface area contributed by atoms with Crippen LogP contribution in [0, 0.1) is 0 Å². The molecule has 2 rings (SSSR count). The summed E-state index contributed by atoms with van der Waals surface area (Å²) >= 11 is 3.91. The monoisotopic (exact) mass is 367 g/mol. The van der Waals surface area contributed by atoms with Crippen molar-refractivity contribution >= 4 is 29.5 Å². The smallest absolute Gasteiger partial charge is 0.191 e. The fourth-order valence-electron chi connectivity index (χ4n) is 2.74. The molecule has 1 fully saturated rings. The molecule has 4 nitrogen and oxygen atoms in total. The first-order valence-electron chi connectivity index (χ1n) is 8.62. The second-order valence-electron chi connectivity index (χ2n) is 5.74. The van der Waals surface area contributed by atoms with Crippen molar-refractivity contribution in [2.24, 2.45) is 4.99 Å². The zero-order valence-electron chi connectivity index (χ0n) is 14.7. The zero-order chi connectivity index (χ0) is 17.1. The van der Waals surface area contributed by atoms with Crippen LogP contribution in [-0.2, 0) is 4.74 Å². The molecule has 0 aliphatic carbocycles. The maximum Gasteiger partial charge on any atom is 0.191 e. The fraction of sp³-hybridized carbons (Fsp3) is 0.611. The van der Waals surface area contributed by atoms with E-state index in [2.05, 4.69) is 52.9 Å². The van der Waals surface area contributed by atoms with E-state index in [4.69, 9.17) is 4.74 Å². The van der Waals surface area contributed by atoms with Crippen LogP contribution >= 0.6 is 23.5 Å². The highest BCUT2D eigenvalue weighted by Gasteiger charge is 2.32. The number of hydrogen-bond acceptors (Lipinski definition) is 4. The third-order valence-corrected chi connectivity index (χ3v) is 6.53. The van der Waals surface area contributed by atoms with Gasteiger partial charge in [-0.2, -0.15) is 11.8 Å². The van der Waals surface area contributed by atoms with Crippen molar-refractivity contribution in [1.82, 2.24) is 10.6 Å². The van der Waals surface area contributed by atoms with Crippen LogP contribution < -0.4 is 10.6 Å². The van der Waals surface area contributed by atoms with E-state index in [-0.39, 0.29) is 4.75 Å². The summed E-state index contributed by atoms with van der Waals surface area (Å²) in [6.07, 6.45) is 2.22. The van der Waals surface area contributed by atoms with E-state index in [1.165, 1.54) is 4.90 Å². The third-order valence-electron chi connectivity index (χ3n) is 4.06. The number of aliphatic imine (C=N–C) groups is 1. The molecule has 1 aromatic rings. The van der Waals surface area contributed by atoms with Crippen LogP contribution in [0.1, 0.15) is 19.8 Å². The van der Waals surface area contributed by atoms with E-state index in [1.54, 1.807) is 0 Å². The van der Waals surface area contributed by atoms with Gasteiger partial charge in [0, 0.05) is 48.7 Å². The van der Waals surface area contributed by atoms with Crippen LogP contribution in [0.25, 0.3) is 0 Å². The van der Waals surface area contributed by atoms with Crippen molar-refractivity contribution in [2.75, 3.05) is 44.9 Å². The Labute approximate surface area is 154 Å². The van der Waals surface area contributed by atoms with Crippen LogP contribution in [0.3, 0.4) is 0 Å². The number of thioether (sulfide) groups is 2. The molecule has 1 heterocycles. The maximum atomic E-state index is 5.54. The first-order chi connectivity index (χ1) is 11.8. The van der Waals surface area contributed by atoms with E-state index in [9.17, 15) is 0 Å². The quantitative estimate of drug-likeness (QED) is 0.320. The molecule has 0 aromatic heterocycles. The number of guanidine groups is 1. The van der Waals surface area contributed by atoms with E-state index in [0.29, 0.717) is 0 Å². The lowest BCUT2D eigenvalue weighted by Gasteiger charge is -2.37. The Morgan fingerprint density at radius 1 is 1.21 bits per heavy atom. The predicted molar refractivity (Wildman–Crippen MR) is 107 cm³/mol. The Morgan fingerprint density at radius 2 is 1.96 bits per heavy atom. The van der Waals surface area contributed by atoms with Crippen molar-refractivity contribution in [3.63, 3.8) is 0 Å². The van der Waals surface area contributed by atoms with Gasteiger partial charge in [-0.1, -0.05) is 25.1 Å². The molecule has 0 atom stereocenters. The molecule has 24 heavy (non-hydrogen) atoms. The van der Waals surface area contributed by atoms with Gasteiger partial charge in [-0.3, -0.25) is 4.99 Å². The number of nitrogens with zero attached hydrogens (tertiary/aromatic N) is 1. The van der Waals surface area contributed by atoms with Gasteiger partial charge < -0.3 is 15.4 Å². The highest BCUT2D eigenvalue weighted by Crippen LogP contribution is 2.34. The summed E-state index contributed by atoms with van der Waals surface area (Å²) in [7, 11) is 1.84. The lowest BCUT2D eigenvalue weighted by atomic mass is 9.99. The largest absolute Gasteiger partial charge is 0.381 e. The second-order valence-corrected chi connectivity index (χ2v) is 8.64. The SMILES string of the molecule is CCSC1(CNC(=NC)NCCSc2ccccc2)CCOCC1. The zero-order valence-corrected chi connectivity index (χ0v) is 16.3. The minimum atomic E-state index is 0.281. The summed E-state index contributed by atoms with van der Waals surface area (Å²) in [5.41, 5.74) is 0. The second kappa shape index (κ2) is 10.9. The van der Waals surface area contributed by atoms with E-state index < -0.39 is 0 Å². The normalized spacial score (nSPS) is 17.5. The van der Waals surface area contributed by atoms with Gasteiger partial charge in [-0.25, -0.2) is 0 Å². The summed E-state index contributed by atoms with van der Waals surface area (Å²) < 4.78 is 5.82. The summed E-state index contributed by atoms with van der Waals surface area (Å²) in [5.74, 6) is 3.06. The van der Waals surface area contributed by atoms with Crippen LogP contribution in [0.5, 0.6) is 0 Å². The standard InChI is InChI=1S/C18H29N3OS2/c1-3-24-18(9-12-22-13-10-18)15-21-17(19-2)20-11-14-23-16-7-5-4-6-8-16/h4-8H,3,9-15H2,1-2H3,(H2,19,20,21). The Balaban J connectivity index is 1.71. The molecule has 0 unspecified atom stereocenters. The van der Waals surface area contributed by atoms with E-state index in [1.807, 2.05) is 30.6 Å².